The maximum Gasteiger partial charge on any atom is 0.146 e. The summed E-state index contributed by atoms with van der Waals surface area (Å²) in [5, 5.41) is 2.28. The van der Waals surface area contributed by atoms with E-state index in [-0.39, 0.29) is 0 Å². The van der Waals surface area contributed by atoms with Gasteiger partial charge in [0.1, 0.15) is 22.4 Å². The molecule has 0 fully saturated rings. The molecule has 0 bridgehead atoms. The molecular weight excluding hydrogens is 420 g/mol. The second-order valence-corrected chi connectivity index (χ2v) is 8.32. The Hall–Kier alpha value is -4.64. The first-order chi connectivity index (χ1) is 16.8. The van der Waals surface area contributed by atoms with Crippen molar-refractivity contribution in [2.75, 3.05) is 7.11 Å². The summed E-state index contributed by atoms with van der Waals surface area (Å²) in [6.07, 6.45) is 1.83. The van der Waals surface area contributed by atoms with Crippen LogP contribution in [-0.2, 0) is 0 Å². The predicted molar refractivity (Wildman–Crippen MR) is 137 cm³/mol. The summed E-state index contributed by atoms with van der Waals surface area (Å²) in [5.74, 6) is 0.811. The zero-order valence-corrected chi connectivity index (χ0v) is 18.5. The van der Waals surface area contributed by atoms with Crippen LogP contribution in [0.25, 0.3) is 55.4 Å². The van der Waals surface area contributed by atoms with E-state index >= 15 is 0 Å². The van der Waals surface area contributed by atoms with E-state index in [0.717, 1.165) is 55.7 Å². The third kappa shape index (κ3) is 2.61. The molecule has 0 saturated heterocycles. The van der Waals surface area contributed by atoms with Crippen molar-refractivity contribution in [3.63, 3.8) is 0 Å². The minimum Gasteiger partial charge on any atom is -0.497 e. The Labute approximate surface area is 195 Å². The van der Waals surface area contributed by atoms with Crippen LogP contribution in [0.5, 0.6) is 5.75 Å². The lowest BCUT2D eigenvalue weighted by Gasteiger charge is -2.09. The number of benzene rings is 3. The van der Waals surface area contributed by atoms with Crippen LogP contribution in [-0.4, -0.2) is 26.2 Å². The van der Waals surface area contributed by atoms with Crippen molar-refractivity contribution in [3.05, 3.63) is 103 Å². The summed E-state index contributed by atoms with van der Waals surface area (Å²) in [7, 11) is 1.69. The molecule has 0 saturated carbocycles. The minimum absolute atomic E-state index is 0.811. The molecule has 7 rings (SSSR count). The predicted octanol–water partition coefficient (Wildman–Crippen LogP) is 6.68. The Morgan fingerprint density at radius 3 is 2.29 bits per heavy atom. The topological polar surface area (TPSA) is 44.9 Å². The third-order valence-corrected chi connectivity index (χ3v) is 6.45. The Kier molecular flexibility index (Phi) is 3.99. The van der Waals surface area contributed by atoms with Gasteiger partial charge < -0.3 is 9.30 Å². The highest BCUT2D eigenvalue weighted by molar-refractivity contribution is 6.14. The second-order valence-electron chi connectivity index (χ2n) is 8.32. The number of methoxy groups -OCH3 is 1. The van der Waals surface area contributed by atoms with Gasteiger partial charge in [-0.25, -0.2) is 4.98 Å². The van der Waals surface area contributed by atoms with Crippen molar-refractivity contribution in [3.8, 4) is 17.1 Å². The zero-order valence-electron chi connectivity index (χ0n) is 18.5. The van der Waals surface area contributed by atoms with E-state index in [1.165, 1.54) is 5.39 Å². The molecule has 3 aromatic carbocycles. The van der Waals surface area contributed by atoms with E-state index in [0.29, 0.717) is 0 Å². The highest BCUT2D eigenvalue weighted by atomic mass is 16.5. The molecule has 0 spiro atoms. The Bertz CT molecular complexity index is 1850. The van der Waals surface area contributed by atoms with Crippen LogP contribution in [0.2, 0.25) is 0 Å². The number of rotatable bonds is 3. The number of nitrogens with zero attached hydrogens (tertiary/aromatic N) is 4. The highest BCUT2D eigenvalue weighted by Crippen LogP contribution is 2.37. The number of para-hydroxylation sites is 2. The van der Waals surface area contributed by atoms with E-state index in [1.54, 1.807) is 7.11 Å². The molecule has 162 valence electrons. The molecule has 0 amide bonds. The van der Waals surface area contributed by atoms with E-state index < -0.39 is 0 Å². The van der Waals surface area contributed by atoms with Crippen molar-refractivity contribution >= 4 is 44.0 Å². The summed E-state index contributed by atoms with van der Waals surface area (Å²) in [6, 6.07) is 33.3. The molecule has 0 radical (unpaired) electrons. The van der Waals surface area contributed by atoms with Gasteiger partial charge in [-0.1, -0.05) is 42.5 Å². The summed E-state index contributed by atoms with van der Waals surface area (Å²) in [5.41, 5.74) is 7.96. The first-order valence-electron chi connectivity index (χ1n) is 11.2. The van der Waals surface area contributed by atoms with Crippen molar-refractivity contribution in [2.45, 2.75) is 0 Å². The molecule has 7 aromatic rings. The zero-order chi connectivity index (χ0) is 22.6. The molecule has 0 unspecified atom stereocenters. The summed E-state index contributed by atoms with van der Waals surface area (Å²) >= 11 is 0. The van der Waals surface area contributed by atoms with Crippen LogP contribution in [0.15, 0.2) is 103 Å². The molecule has 0 aliphatic rings. The van der Waals surface area contributed by atoms with Crippen molar-refractivity contribution in [1.29, 1.82) is 0 Å². The standard InChI is InChI=1S/C29H20N4O/c1-34-21-12-7-11-20(17-21)32-25-15-8-16-30-27(25)28-26(32)18-23-22-13-5-6-14-24(22)33(29(23)31-28)19-9-3-2-4-10-19/h2-18H,1H3. The normalized spacial score (nSPS) is 11.7. The van der Waals surface area contributed by atoms with Gasteiger partial charge in [0.05, 0.1) is 23.7 Å². The van der Waals surface area contributed by atoms with Gasteiger partial charge in [-0.2, -0.15) is 0 Å². The maximum absolute atomic E-state index is 5.51. The van der Waals surface area contributed by atoms with Crippen molar-refractivity contribution in [1.82, 2.24) is 19.1 Å². The maximum atomic E-state index is 5.51. The Morgan fingerprint density at radius 2 is 1.41 bits per heavy atom. The van der Waals surface area contributed by atoms with Crippen LogP contribution < -0.4 is 4.74 Å². The molecule has 0 aliphatic heterocycles. The molecule has 5 nitrogen and oxygen atoms in total. The van der Waals surface area contributed by atoms with Gasteiger partial charge >= 0.3 is 0 Å². The summed E-state index contributed by atoms with van der Waals surface area (Å²) in [6.45, 7) is 0. The minimum atomic E-state index is 0.811. The van der Waals surface area contributed by atoms with Gasteiger partial charge in [0.15, 0.2) is 0 Å². The van der Waals surface area contributed by atoms with Crippen LogP contribution in [0.3, 0.4) is 0 Å². The van der Waals surface area contributed by atoms with Crippen LogP contribution in [0.4, 0.5) is 0 Å². The number of hydrogen-bond donors (Lipinski definition) is 0. The first kappa shape index (κ1) is 18.9. The average Bonchev–Trinajstić information content (AvgIpc) is 3.40. The van der Waals surface area contributed by atoms with E-state index in [1.807, 2.05) is 36.5 Å². The van der Waals surface area contributed by atoms with Gasteiger partial charge in [-0.3, -0.25) is 9.55 Å². The van der Waals surface area contributed by atoms with Crippen molar-refractivity contribution < 1.29 is 4.74 Å². The fourth-order valence-corrected chi connectivity index (χ4v) is 4.97. The summed E-state index contributed by atoms with van der Waals surface area (Å²) < 4.78 is 9.97. The number of fused-ring (bicyclic) bond motifs is 6. The largest absolute Gasteiger partial charge is 0.497 e. The average molecular weight is 441 g/mol. The first-order valence-corrected chi connectivity index (χ1v) is 11.2. The lowest BCUT2D eigenvalue weighted by Crippen LogP contribution is -1.96. The SMILES string of the molecule is COc1cccc(-n2c3cccnc3c3nc4c(cc32)c2ccccc2n4-c2ccccc2)c1. The molecule has 4 heterocycles. The van der Waals surface area contributed by atoms with Gasteiger partial charge in [0, 0.05) is 34.4 Å². The smallest absolute Gasteiger partial charge is 0.146 e. The molecule has 4 aromatic heterocycles. The molecule has 5 heteroatoms. The number of ether oxygens (including phenoxy) is 1. The third-order valence-electron chi connectivity index (χ3n) is 6.45. The number of aromatic nitrogens is 4. The molecule has 0 atom stereocenters. The van der Waals surface area contributed by atoms with Gasteiger partial charge in [-0.05, 0) is 48.5 Å². The van der Waals surface area contributed by atoms with E-state index in [4.69, 9.17) is 14.7 Å². The van der Waals surface area contributed by atoms with Crippen LogP contribution >= 0.6 is 0 Å². The quantitative estimate of drug-likeness (QED) is 0.308. The van der Waals surface area contributed by atoms with Crippen LogP contribution in [0, 0.1) is 0 Å². The lowest BCUT2D eigenvalue weighted by molar-refractivity contribution is 0.414. The number of hydrogen-bond acceptors (Lipinski definition) is 3. The summed E-state index contributed by atoms with van der Waals surface area (Å²) in [4.78, 5) is 9.99. The van der Waals surface area contributed by atoms with Crippen molar-refractivity contribution in [2.24, 2.45) is 0 Å². The number of pyridine rings is 2. The van der Waals surface area contributed by atoms with E-state index in [2.05, 4.69) is 75.9 Å². The molecular formula is C29H20N4O. The second kappa shape index (κ2) is 7.18. The van der Waals surface area contributed by atoms with Crippen LogP contribution in [0.1, 0.15) is 0 Å². The van der Waals surface area contributed by atoms with E-state index in [9.17, 15) is 0 Å². The van der Waals surface area contributed by atoms with Gasteiger partial charge in [0.25, 0.3) is 0 Å². The Morgan fingerprint density at radius 1 is 0.618 bits per heavy atom. The molecule has 0 aliphatic carbocycles. The van der Waals surface area contributed by atoms with Gasteiger partial charge in [0.2, 0.25) is 0 Å². The highest BCUT2D eigenvalue weighted by Gasteiger charge is 2.20. The van der Waals surface area contributed by atoms with Gasteiger partial charge in [-0.15, -0.1) is 0 Å². The fourth-order valence-electron chi connectivity index (χ4n) is 4.97. The molecule has 34 heavy (non-hydrogen) atoms. The lowest BCUT2D eigenvalue weighted by atomic mass is 10.2. The monoisotopic (exact) mass is 440 g/mol. The molecule has 0 N–H and O–H groups in total. The fraction of sp³-hybridized carbons (Fsp3) is 0.0345. The Balaban J connectivity index is 1.67.